The van der Waals surface area contributed by atoms with Crippen molar-refractivity contribution in [1.82, 2.24) is 5.32 Å². The minimum atomic E-state index is 0.234. The Balaban J connectivity index is 1.76. The van der Waals surface area contributed by atoms with Gasteiger partial charge in [-0.3, -0.25) is 0 Å². The molecule has 0 radical (unpaired) electrons. The largest absolute Gasteiger partial charge is 0.396 e. The van der Waals surface area contributed by atoms with Gasteiger partial charge in [-0.1, -0.05) is 0 Å². The van der Waals surface area contributed by atoms with E-state index in [4.69, 9.17) is 9.84 Å². The lowest BCUT2D eigenvalue weighted by atomic mass is 10.1. The van der Waals surface area contributed by atoms with Crippen LogP contribution in [0.5, 0.6) is 0 Å². The topological polar surface area (TPSA) is 41.5 Å². The van der Waals surface area contributed by atoms with E-state index in [2.05, 4.69) is 5.32 Å². The second-order valence-electron chi connectivity index (χ2n) is 2.59. The fourth-order valence-corrected chi connectivity index (χ4v) is 0.883. The summed E-state index contributed by atoms with van der Waals surface area (Å²) in [6.45, 7) is 2.86. The number of nitrogens with one attached hydrogen (secondary N) is 1. The molecular formula is C7H15NO2. The van der Waals surface area contributed by atoms with Crippen molar-refractivity contribution in [1.29, 1.82) is 0 Å². The smallest absolute Gasteiger partial charge is 0.0620 e. The Hall–Kier alpha value is -0.120. The first-order valence-corrected chi connectivity index (χ1v) is 3.85. The maximum atomic E-state index is 8.41. The fourth-order valence-electron chi connectivity index (χ4n) is 0.883. The molecule has 3 heteroatoms. The molecule has 3 nitrogen and oxygen atoms in total. The lowest BCUT2D eigenvalue weighted by Gasteiger charge is -2.27. The zero-order valence-corrected chi connectivity index (χ0v) is 6.18. The van der Waals surface area contributed by atoms with Gasteiger partial charge in [-0.15, -0.1) is 0 Å². The van der Waals surface area contributed by atoms with Gasteiger partial charge in [-0.25, -0.2) is 0 Å². The van der Waals surface area contributed by atoms with Crippen molar-refractivity contribution in [2.75, 3.05) is 26.4 Å². The lowest BCUT2D eigenvalue weighted by Crippen LogP contribution is -2.46. The van der Waals surface area contributed by atoms with Crippen LogP contribution < -0.4 is 5.32 Å². The first-order chi connectivity index (χ1) is 4.93. The molecule has 1 rings (SSSR count). The van der Waals surface area contributed by atoms with Crippen LogP contribution in [-0.2, 0) is 4.74 Å². The molecule has 0 bridgehead atoms. The summed E-state index contributed by atoms with van der Waals surface area (Å²) in [4.78, 5) is 0. The highest BCUT2D eigenvalue weighted by atomic mass is 16.5. The van der Waals surface area contributed by atoms with E-state index in [9.17, 15) is 0 Å². The number of aliphatic hydroxyl groups is 1. The summed E-state index contributed by atoms with van der Waals surface area (Å²) < 4.78 is 5.26. The number of ether oxygens (including phenoxy) is 1. The maximum absolute atomic E-state index is 8.41. The average molecular weight is 145 g/mol. The predicted octanol–water partition coefficient (Wildman–Crippen LogP) is -0.253. The fraction of sp³-hybridized carbons (Fsp3) is 1.00. The standard InChI is InChI=1S/C7H15NO2/c9-4-1-5-10-6-7-2-3-8-7/h7-9H,1-6H2. The Morgan fingerprint density at radius 2 is 2.40 bits per heavy atom. The van der Waals surface area contributed by atoms with Crippen LogP contribution in [0.3, 0.4) is 0 Å². The molecule has 1 atom stereocenters. The monoisotopic (exact) mass is 145 g/mol. The highest BCUT2D eigenvalue weighted by Crippen LogP contribution is 2.01. The van der Waals surface area contributed by atoms with Crippen LogP contribution in [-0.4, -0.2) is 37.5 Å². The molecule has 0 aromatic carbocycles. The van der Waals surface area contributed by atoms with Gasteiger partial charge in [-0.2, -0.15) is 0 Å². The van der Waals surface area contributed by atoms with Crippen molar-refractivity contribution in [2.45, 2.75) is 18.9 Å². The second kappa shape index (κ2) is 4.66. The molecule has 2 N–H and O–H groups in total. The molecule has 1 unspecified atom stereocenters. The highest BCUT2D eigenvalue weighted by molar-refractivity contribution is 4.76. The van der Waals surface area contributed by atoms with Gasteiger partial charge in [0.1, 0.15) is 0 Å². The van der Waals surface area contributed by atoms with E-state index in [1.807, 2.05) is 0 Å². The van der Waals surface area contributed by atoms with Gasteiger partial charge in [-0.05, 0) is 19.4 Å². The van der Waals surface area contributed by atoms with Crippen molar-refractivity contribution in [3.63, 3.8) is 0 Å². The van der Waals surface area contributed by atoms with Gasteiger partial charge in [0.2, 0.25) is 0 Å². The van der Waals surface area contributed by atoms with Gasteiger partial charge in [0.05, 0.1) is 6.61 Å². The van der Waals surface area contributed by atoms with Crippen molar-refractivity contribution >= 4 is 0 Å². The lowest BCUT2D eigenvalue weighted by molar-refractivity contribution is 0.0809. The zero-order chi connectivity index (χ0) is 7.23. The molecule has 0 aliphatic carbocycles. The molecule has 1 fully saturated rings. The van der Waals surface area contributed by atoms with E-state index in [1.54, 1.807) is 0 Å². The summed E-state index contributed by atoms with van der Waals surface area (Å²) in [5.41, 5.74) is 0. The van der Waals surface area contributed by atoms with Crippen LogP contribution in [0.1, 0.15) is 12.8 Å². The molecule has 60 valence electrons. The predicted molar refractivity (Wildman–Crippen MR) is 38.9 cm³/mol. The quantitative estimate of drug-likeness (QED) is 0.524. The van der Waals surface area contributed by atoms with Crippen molar-refractivity contribution in [3.8, 4) is 0 Å². The third-order valence-electron chi connectivity index (χ3n) is 1.69. The molecule has 1 aliphatic rings. The minimum absolute atomic E-state index is 0.234. The first-order valence-electron chi connectivity index (χ1n) is 3.85. The third kappa shape index (κ3) is 2.64. The summed E-state index contributed by atoms with van der Waals surface area (Å²) in [5, 5.41) is 11.6. The van der Waals surface area contributed by atoms with Crippen molar-refractivity contribution < 1.29 is 9.84 Å². The number of hydrogen-bond donors (Lipinski definition) is 2. The number of rotatable bonds is 5. The molecule has 1 aliphatic heterocycles. The second-order valence-corrected chi connectivity index (χ2v) is 2.59. The molecule has 0 amide bonds. The maximum Gasteiger partial charge on any atom is 0.0620 e. The molecule has 0 saturated carbocycles. The Kier molecular flexibility index (Phi) is 3.72. The molecule has 0 aromatic rings. The Morgan fingerprint density at radius 1 is 1.60 bits per heavy atom. The van der Waals surface area contributed by atoms with Crippen molar-refractivity contribution in [3.05, 3.63) is 0 Å². The highest BCUT2D eigenvalue weighted by Gasteiger charge is 2.15. The van der Waals surface area contributed by atoms with Gasteiger partial charge in [0.25, 0.3) is 0 Å². The van der Waals surface area contributed by atoms with E-state index in [0.717, 1.165) is 19.6 Å². The van der Waals surface area contributed by atoms with E-state index in [-0.39, 0.29) is 6.61 Å². The van der Waals surface area contributed by atoms with E-state index >= 15 is 0 Å². The summed E-state index contributed by atoms with van der Waals surface area (Å²) in [6, 6.07) is 0.582. The molecule has 1 heterocycles. The summed E-state index contributed by atoms with van der Waals surface area (Å²) in [5.74, 6) is 0. The Labute approximate surface area is 61.4 Å². The third-order valence-corrected chi connectivity index (χ3v) is 1.69. The summed E-state index contributed by atoms with van der Waals surface area (Å²) in [6.07, 6.45) is 1.99. The van der Waals surface area contributed by atoms with E-state index in [1.165, 1.54) is 6.42 Å². The first kappa shape index (κ1) is 7.98. The SMILES string of the molecule is OCCCOCC1CCN1. The van der Waals surface area contributed by atoms with Crippen LogP contribution >= 0.6 is 0 Å². The average Bonchev–Trinajstić information content (AvgIpc) is 1.84. The van der Waals surface area contributed by atoms with Crippen LogP contribution in [0, 0.1) is 0 Å². The van der Waals surface area contributed by atoms with Crippen molar-refractivity contribution in [2.24, 2.45) is 0 Å². The summed E-state index contributed by atoms with van der Waals surface area (Å²) in [7, 11) is 0. The number of aliphatic hydroxyl groups excluding tert-OH is 1. The Morgan fingerprint density at radius 3 is 2.90 bits per heavy atom. The van der Waals surface area contributed by atoms with Crippen LogP contribution in [0.2, 0.25) is 0 Å². The van der Waals surface area contributed by atoms with Crippen LogP contribution in [0.25, 0.3) is 0 Å². The minimum Gasteiger partial charge on any atom is -0.396 e. The normalized spacial score (nSPS) is 24.3. The van der Waals surface area contributed by atoms with Gasteiger partial charge in [0.15, 0.2) is 0 Å². The van der Waals surface area contributed by atoms with Gasteiger partial charge >= 0.3 is 0 Å². The molecular weight excluding hydrogens is 130 g/mol. The molecule has 1 saturated heterocycles. The number of hydrogen-bond acceptors (Lipinski definition) is 3. The van der Waals surface area contributed by atoms with Crippen LogP contribution in [0.15, 0.2) is 0 Å². The Bertz CT molecular complexity index is 83.7. The molecule has 0 spiro atoms. The van der Waals surface area contributed by atoms with Crippen LogP contribution in [0.4, 0.5) is 0 Å². The molecule has 0 aromatic heterocycles. The van der Waals surface area contributed by atoms with E-state index in [0.29, 0.717) is 12.6 Å². The zero-order valence-electron chi connectivity index (χ0n) is 6.18. The van der Waals surface area contributed by atoms with E-state index < -0.39 is 0 Å². The molecule has 10 heavy (non-hydrogen) atoms. The van der Waals surface area contributed by atoms with Gasteiger partial charge in [0, 0.05) is 19.3 Å². The summed E-state index contributed by atoms with van der Waals surface area (Å²) >= 11 is 0. The van der Waals surface area contributed by atoms with Gasteiger partial charge < -0.3 is 15.2 Å².